The second kappa shape index (κ2) is 9.82. The van der Waals surface area contributed by atoms with Crippen molar-refractivity contribution >= 4 is 23.5 Å². The Labute approximate surface area is 162 Å². The summed E-state index contributed by atoms with van der Waals surface area (Å²) >= 11 is 0. The summed E-state index contributed by atoms with van der Waals surface area (Å²) in [5.74, 6) is -1.53. The minimum atomic E-state index is -1.01. The molecule has 1 heterocycles. The van der Waals surface area contributed by atoms with Crippen LogP contribution in [0.25, 0.3) is 0 Å². The van der Waals surface area contributed by atoms with Crippen LogP contribution in [0.2, 0.25) is 0 Å². The van der Waals surface area contributed by atoms with Crippen LogP contribution in [0.5, 0.6) is 0 Å². The number of nitrogens with zero attached hydrogens (tertiary/aromatic N) is 2. The number of para-hydroxylation sites is 1. The summed E-state index contributed by atoms with van der Waals surface area (Å²) < 4.78 is 10.2. The summed E-state index contributed by atoms with van der Waals surface area (Å²) in [5.41, 5.74) is 0.0619. The van der Waals surface area contributed by atoms with Crippen LogP contribution < -0.4 is 0 Å². The summed E-state index contributed by atoms with van der Waals surface area (Å²) in [6.45, 7) is 4.31. The summed E-state index contributed by atoms with van der Waals surface area (Å²) in [5, 5.41) is 11.0. The molecule has 28 heavy (non-hydrogen) atoms. The quantitative estimate of drug-likeness (QED) is 0.395. The lowest BCUT2D eigenvalue weighted by Gasteiger charge is -2.32. The first-order valence-electron chi connectivity index (χ1n) is 9.20. The van der Waals surface area contributed by atoms with E-state index in [1.165, 1.54) is 25.1 Å². The van der Waals surface area contributed by atoms with Crippen molar-refractivity contribution in [3.63, 3.8) is 0 Å². The van der Waals surface area contributed by atoms with Crippen LogP contribution in [0.1, 0.15) is 32.3 Å². The molecule has 0 N–H and O–H groups in total. The smallest absolute Gasteiger partial charge is 0.311 e. The highest BCUT2D eigenvalue weighted by Crippen LogP contribution is 2.21. The molecule has 1 unspecified atom stereocenters. The van der Waals surface area contributed by atoms with Gasteiger partial charge in [-0.2, -0.15) is 0 Å². The molecule has 1 aromatic carbocycles. The molecule has 2 rings (SSSR count). The van der Waals surface area contributed by atoms with Crippen LogP contribution in [0.3, 0.4) is 0 Å². The van der Waals surface area contributed by atoms with Gasteiger partial charge in [0.05, 0.1) is 23.9 Å². The Balaban J connectivity index is 1.87. The Morgan fingerprint density at radius 1 is 1.25 bits per heavy atom. The molecule has 1 saturated heterocycles. The summed E-state index contributed by atoms with van der Waals surface area (Å²) in [4.78, 5) is 48.4. The number of amides is 1. The summed E-state index contributed by atoms with van der Waals surface area (Å²) in [7, 11) is 0. The monoisotopic (exact) mass is 392 g/mol. The van der Waals surface area contributed by atoms with Gasteiger partial charge < -0.3 is 14.4 Å². The minimum Gasteiger partial charge on any atom is -0.466 e. The number of piperidine rings is 1. The zero-order valence-electron chi connectivity index (χ0n) is 16.0. The van der Waals surface area contributed by atoms with E-state index in [-0.39, 0.29) is 35.5 Å². The molecule has 0 aromatic heterocycles. The lowest BCUT2D eigenvalue weighted by molar-refractivity contribution is -0.385. The minimum absolute atomic E-state index is 0.167. The third-order valence-corrected chi connectivity index (χ3v) is 4.61. The van der Waals surface area contributed by atoms with E-state index in [9.17, 15) is 24.5 Å². The van der Waals surface area contributed by atoms with E-state index in [1.54, 1.807) is 17.9 Å². The van der Waals surface area contributed by atoms with Crippen LogP contribution >= 0.6 is 0 Å². The molecule has 1 atom stereocenters. The molecule has 1 fully saturated rings. The highest BCUT2D eigenvalue weighted by molar-refractivity contribution is 5.84. The zero-order valence-corrected chi connectivity index (χ0v) is 16.0. The first-order chi connectivity index (χ1) is 13.3. The van der Waals surface area contributed by atoms with Crippen LogP contribution in [0, 0.1) is 16.0 Å². The third-order valence-electron chi connectivity index (χ3n) is 4.61. The van der Waals surface area contributed by atoms with Crippen molar-refractivity contribution in [1.29, 1.82) is 0 Å². The number of hydrogen-bond donors (Lipinski definition) is 0. The number of likely N-dealkylation sites (tertiary alicyclic amines) is 1. The van der Waals surface area contributed by atoms with E-state index in [1.807, 2.05) is 0 Å². The van der Waals surface area contributed by atoms with Crippen LogP contribution in [-0.4, -0.2) is 53.5 Å². The first-order valence-corrected chi connectivity index (χ1v) is 9.20. The Bertz CT molecular complexity index is 742. The molecule has 0 saturated carbocycles. The van der Waals surface area contributed by atoms with Crippen molar-refractivity contribution in [3.05, 3.63) is 39.9 Å². The highest BCUT2D eigenvalue weighted by Gasteiger charge is 2.31. The van der Waals surface area contributed by atoms with Gasteiger partial charge in [-0.15, -0.1) is 0 Å². The second-order valence-corrected chi connectivity index (χ2v) is 6.55. The van der Waals surface area contributed by atoms with Gasteiger partial charge in [0.2, 0.25) is 0 Å². The van der Waals surface area contributed by atoms with Gasteiger partial charge in [-0.1, -0.05) is 18.2 Å². The van der Waals surface area contributed by atoms with E-state index in [4.69, 9.17) is 9.47 Å². The molecule has 9 nitrogen and oxygen atoms in total. The molecular formula is C19H24N2O7. The van der Waals surface area contributed by atoms with E-state index in [2.05, 4.69) is 0 Å². The van der Waals surface area contributed by atoms with E-state index >= 15 is 0 Å². The standard InChI is InChI=1S/C19H24N2O7/c1-3-27-19(24)14-8-10-20(11-9-14)18(23)13(2)28-17(22)12-15-6-4-5-7-16(15)21(25)26/h4-7,13-14H,3,8-12H2,1-2H3. The number of nitro benzene ring substituents is 1. The van der Waals surface area contributed by atoms with Crippen molar-refractivity contribution in [2.75, 3.05) is 19.7 Å². The summed E-state index contributed by atoms with van der Waals surface area (Å²) in [6, 6.07) is 5.90. The van der Waals surface area contributed by atoms with Crippen molar-refractivity contribution in [3.8, 4) is 0 Å². The van der Waals surface area contributed by atoms with Gasteiger partial charge in [-0.3, -0.25) is 24.5 Å². The fourth-order valence-electron chi connectivity index (χ4n) is 3.14. The fourth-order valence-corrected chi connectivity index (χ4v) is 3.14. The maximum absolute atomic E-state index is 12.5. The maximum Gasteiger partial charge on any atom is 0.311 e. The average molecular weight is 392 g/mol. The number of benzene rings is 1. The van der Waals surface area contributed by atoms with Gasteiger partial charge in [0.1, 0.15) is 0 Å². The zero-order chi connectivity index (χ0) is 20.7. The van der Waals surface area contributed by atoms with Gasteiger partial charge in [-0.25, -0.2) is 0 Å². The molecular weight excluding hydrogens is 368 g/mol. The number of nitro groups is 1. The molecule has 1 aromatic rings. The van der Waals surface area contributed by atoms with Crippen LogP contribution in [0.15, 0.2) is 24.3 Å². The highest BCUT2D eigenvalue weighted by atomic mass is 16.6. The van der Waals surface area contributed by atoms with Gasteiger partial charge in [0.25, 0.3) is 11.6 Å². The van der Waals surface area contributed by atoms with Gasteiger partial charge in [0.15, 0.2) is 6.10 Å². The SMILES string of the molecule is CCOC(=O)C1CCN(C(=O)C(C)OC(=O)Cc2ccccc2[N+](=O)[O-])CC1. The van der Waals surface area contributed by atoms with Crippen molar-refractivity contribution in [2.45, 2.75) is 39.2 Å². The Kier molecular flexibility index (Phi) is 7.48. The Hall–Kier alpha value is -2.97. The largest absolute Gasteiger partial charge is 0.466 e. The Morgan fingerprint density at radius 2 is 1.89 bits per heavy atom. The van der Waals surface area contributed by atoms with Crippen LogP contribution in [-0.2, 0) is 30.3 Å². The average Bonchev–Trinajstić information content (AvgIpc) is 2.67. The normalized spacial score (nSPS) is 15.6. The van der Waals surface area contributed by atoms with E-state index in [0.717, 1.165) is 0 Å². The Morgan fingerprint density at radius 3 is 2.50 bits per heavy atom. The molecule has 0 spiro atoms. The van der Waals surface area contributed by atoms with E-state index in [0.29, 0.717) is 32.5 Å². The molecule has 1 amide bonds. The number of carbonyl (C=O) groups is 3. The molecule has 0 aliphatic carbocycles. The van der Waals surface area contributed by atoms with Gasteiger partial charge in [0, 0.05) is 24.7 Å². The van der Waals surface area contributed by atoms with Crippen LogP contribution in [0.4, 0.5) is 5.69 Å². The number of carbonyl (C=O) groups excluding carboxylic acids is 3. The third kappa shape index (κ3) is 5.51. The molecule has 152 valence electrons. The molecule has 9 heteroatoms. The van der Waals surface area contributed by atoms with Crippen molar-refractivity contribution < 1.29 is 28.8 Å². The molecule has 0 bridgehead atoms. The van der Waals surface area contributed by atoms with Gasteiger partial charge >= 0.3 is 11.9 Å². The molecule has 1 aliphatic rings. The molecule has 1 aliphatic heterocycles. The summed E-state index contributed by atoms with van der Waals surface area (Å²) in [6.07, 6.45) is -0.294. The lowest BCUT2D eigenvalue weighted by atomic mass is 9.97. The number of hydrogen-bond acceptors (Lipinski definition) is 7. The second-order valence-electron chi connectivity index (χ2n) is 6.55. The predicted octanol–water partition coefficient (Wildman–Crippen LogP) is 1.87. The van der Waals surface area contributed by atoms with E-state index < -0.39 is 17.0 Å². The first kappa shape index (κ1) is 21.3. The lowest BCUT2D eigenvalue weighted by Crippen LogP contribution is -2.45. The van der Waals surface area contributed by atoms with Crippen molar-refractivity contribution in [2.24, 2.45) is 5.92 Å². The fraction of sp³-hybridized carbons (Fsp3) is 0.526. The predicted molar refractivity (Wildman–Crippen MR) is 98.3 cm³/mol. The topological polar surface area (TPSA) is 116 Å². The number of esters is 2. The number of rotatable bonds is 7. The van der Waals surface area contributed by atoms with Gasteiger partial charge in [-0.05, 0) is 26.7 Å². The maximum atomic E-state index is 12.5. The number of ether oxygens (including phenoxy) is 2. The van der Waals surface area contributed by atoms with Crippen molar-refractivity contribution in [1.82, 2.24) is 4.90 Å². The molecule has 0 radical (unpaired) electrons.